The lowest BCUT2D eigenvalue weighted by atomic mass is 9.92. The molecule has 2 heterocycles. The number of aliphatic hydroxyl groups excluding tert-OH is 4. The Kier molecular flexibility index (Phi) is 15.4. The van der Waals surface area contributed by atoms with Crippen molar-refractivity contribution in [1.82, 2.24) is 0 Å². The van der Waals surface area contributed by atoms with E-state index in [9.17, 15) is 39.6 Å². The van der Waals surface area contributed by atoms with Crippen molar-refractivity contribution in [3.8, 4) is 23.7 Å². The Bertz CT molecular complexity index is 1160. The Labute approximate surface area is 284 Å². The molecular formula is C33H45ClO14. The molecule has 0 amide bonds. The Balaban J connectivity index is 1.67. The average molecular weight is 701 g/mol. The first-order valence-electron chi connectivity index (χ1n) is 16.0. The van der Waals surface area contributed by atoms with Crippen LogP contribution < -0.4 is 0 Å². The van der Waals surface area contributed by atoms with Gasteiger partial charge in [-0.05, 0) is 25.7 Å². The summed E-state index contributed by atoms with van der Waals surface area (Å²) >= 11 is 6.75. The van der Waals surface area contributed by atoms with Gasteiger partial charge in [-0.25, -0.2) is 0 Å². The van der Waals surface area contributed by atoms with Crippen LogP contribution in [-0.2, 0) is 47.6 Å². The van der Waals surface area contributed by atoms with Crippen LogP contribution in [0.3, 0.4) is 0 Å². The molecule has 1 saturated carbocycles. The van der Waals surface area contributed by atoms with Gasteiger partial charge in [-0.15, -0.1) is 11.6 Å². The number of rotatable bonds is 6. The van der Waals surface area contributed by atoms with Crippen molar-refractivity contribution in [1.29, 1.82) is 0 Å². The molecule has 0 bridgehead atoms. The molecule has 0 spiro atoms. The quantitative estimate of drug-likeness (QED) is 0.126. The van der Waals surface area contributed by atoms with Gasteiger partial charge in [0, 0.05) is 44.9 Å². The van der Waals surface area contributed by atoms with Crippen molar-refractivity contribution >= 4 is 35.5 Å². The third kappa shape index (κ3) is 11.9. The molecule has 14 nitrogen and oxygen atoms in total. The molecule has 3 fully saturated rings. The van der Waals surface area contributed by atoms with Gasteiger partial charge in [-0.3, -0.25) is 19.2 Å². The zero-order valence-corrected chi connectivity index (χ0v) is 28.2. The normalized spacial score (nSPS) is 37.0. The third-order valence-corrected chi connectivity index (χ3v) is 8.53. The summed E-state index contributed by atoms with van der Waals surface area (Å²) in [6, 6.07) is 0. The zero-order chi connectivity index (χ0) is 35.5. The maximum atomic E-state index is 11.6. The molecule has 15 heteroatoms. The van der Waals surface area contributed by atoms with Crippen molar-refractivity contribution in [2.45, 2.75) is 133 Å². The van der Waals surface area contributed by atoms with Crippen LogP contribution in [-0.4, -0.2) is 124 Å². The molecule has 1 aliphatic carbocycles. The summed E-state index contributed by atoms with van der Waals surface area (Å²) in [4.78, 5) is 45.9. The van der Waals surface area contributed by atoms with Gasteiger partial charge in [0.1, 0.15) is 62.0 Å². The van der Waals surface area contributed by atoms with Gasteiger partial charge in [0.15, 0.2) is 12.2 Å². The number of carbonyl (C=O) groups excluding carboxylic acids is 4. The Morgan fingerprint density at radius 2 is 1.00 bits per heavy atom. The molecular weight excluding hydrogens is 656 g/mol. The lowest BCUT2D eigenvalue weighted by Crippen LogP contribution is -2.59. The summed E-state index contributed by atoms with van der Waals surface area (Å²) in [7, 11) is 0. The molecule has 12 atom stereocenters. The van der Waals surface area contributed by atoms with E-state index in [-0.39, 0.29) is 30.4 Å². The van der Waals surface area contributed by atoms with E-state index in [1.54, 1.807) is 0 Å². The first-order valence-corrected chi connectivity index (χ1v) is 16.4. The number of ether oxygens (including phenoxy) is 6. The Morgan fingerprint density at radius 3 is 1.33 bits per heavy atom. The molecule has 0 aromatic rings. The van der Waals surface area contributed by atoms with Crippen LogP contribution in [0, 0.1) is 35.5 Å². The topological polar surface area (TPSA) is 205 Å². The van der Waals surface area contributed by atoms with Crippen LogP contribution >= 0.6 is 11.6 Å². The first kappa shape index (κ1) is 39.5. The molecule has 4 N–H and O–H groups in total. The fraction of sp³-hybridized carbons (Fsp3) is 0.758. The van der Waals surface area contributed by atoms with E-state index >= 15 is 0 Å². The first-order chi connectivity index (χ1) is 22.7. The van der Waals surface area contributed by atoms with Crippen molar-refractivity contribution in [2.24, 2.45) is 11.8 Å². The number of hydrogen-bond acceptors (Lipinski definition) is 14. The molecule has 3 rings (SSSR count). The zero-order valence-electron chi connectivity index (χ0n) is 27.4. The summed E-state index contributed by atoms with van der Waals surface area (Å²) < 4.78 is 31.9. The largest absolute Gasteiger partial charge is 0.463 e. The lowest BCUT2D eigenvalue weighted by Gasteiger charge is -2.40. The standard InChI is InChI=1S/C33H45ClO14/c1-17(35)43-15-26-32(45-19(3)37)30(41)28(39)24(47-26)11-9-21-7-5-6-8-22(14-23(34)13-21)10-12-25-29(40)31(42)33(46-20(4)38)27(48-25)16-44-18(2)36/h21-33,39-42H,5-8,13-16H2,1-4H3/t21?,22?,23?,24-,25-,26-,27-,28-,29-,30-,31-,32-,33-/m1/s1. The van der Waals surface area contributed by atoms with Crippen LogP contribution in [0.25, 0.3) is 0 Å². The van der Waals surface area contributed by atoms with E-state index in [4.69, 9.17) is 40.0 Å². The fourth-order valence-electron chi connectivity index (χ4n) is 5.85. The minimum absolute atomic E-state index is 0.177. The van der Waals surface area contributed by atoms with Gasteiger partial charge >= 0.3 is 23.9 Å². The monoisotopic (exact) mass is 700 g/mol. The van der Waals surface area contributed by atoms with Crippen LogP contribution in [0.4, 0.5) is 0 Å². The summed E-state index contributed by atoms with van der Waals surface area (Å²) in [5.41, 5.74) is 0. The fourth-order valence-corrected chi connectivity index (χ4v) is 6.28. The van der Waals surface area contributed by atoms with Crippen molar-refractivity contribution in [2.75, 3.05) is 13.2 Å². The van der Waals surface area contributed by atoms with Crippen LogP contribution in [0.1, 0.15) is 66.2 Å². The molecule has 2 unspecified atom stereocenters. The number of alkyl halides is 1. The van der Waals surface area contributed by atoms with Crippen LogP contribution in [0.2, 0.25) is 0 Å². The molecule has 268 valence electrons. The number of halogens is 1. The molecule has 2 saturated heterocycles. The van der Waals surface area contributed by atoms with Crippen LogP contribution in [0.5, 0.6) is 0 Å². The summed E-state index contributed by atoms with van der Waals surface area (Å²) in [5, 5.41) is 42.4. The van der Waals surface area contributed by atoms with Crippen molar-refractivity contribution in [3.63, 3.8) is 0 Å². The SMILES string of the molecule is CC(=O)OC[C@H]1O[C@H](C#CC2CCCCC(C#C[C@H]3O[C@H](COC(C)=O)[C@@H](OC(C)=O)[C@H](O)[C@@H]3O)CC(Cl)C2)[C@@H](O)[C@@H](O)[C@@H]1OC(C)=O. The highest BCUT2D eigenvalue weighted by molar-refractivity contribution is 6.20. The maximum Gasteiger partial charge on any atom is 0.303 e. The van der Waals surface area contributed by atoms with E-state index in [0.717, 1.165) is 26.7 Å². The number of esters is 4. The highest BCUT2D eigenvalue weighted by atomic mass is 35.5. The second kappa shape index (κ2) is 18.7. The molecule has 3 aliphatic rings. The smallest absolute Gasteiger partial charge is 0.303 e. The number of aliphatic hydroxyl groups is 4. The van der Waals surface area contributed by atoms with Gasteiger partial charge in [-0.1, -0.05) is 36.5 Å². The maximum absolute atomic E-state index is 11.6. The summed E-state index contributed by atoms with van der Waals surface area (Å²) in [5.74, 6) is 9.09. The van der Waals surface area contributed by atoms with Crippen molar-refractivity contribution in [3.05, 3.63) is 0 Å². The Morgan fingerprint density at radius 1 is 0.625 bits per heavy atom. The van der Waals surface area contributed by atoms with Gasteiger partial charge in [0.05, 0.1) is 0 Å². The van der Waals surface area contributed by atoms with Gasteiger partial charge in [-0.2, -0.15) is 0 Å². The second-order valence-electron chi connectivity index (χ2n) is 12.2. The number of carbonyl (C=O) groups is 4. The molecule has 0 aromatic carbocycles. The van der Waals surface area contributed by atoms with E-state index < -0.39 is 84.9 Å². The molecule has 0 aromatic heterocycles. The molecule has 48 heavy (non-hydrogen) atoms. The second-order valence-corrected chi connectivity index (χ2v) is 12.8. The summed E-state index contributed by atoms with van der Waals surface area (Å²) in [6.07, 6.45) is -9.00. The Hall–Kier alpha value is -2.95. The lowest BCUT2D eigenvalue weighted by molar-refractivity contribution is -0.229. The van der Waals surface area contributed by atoms with E-state index in [1.807, 2.05) is 0 Å². The van der Waals surface area contributed by atoms with E-state index in [0.29, 0.717) is 25.7 Å². The predicted octanol–water partition coefficient (Wildman–Crippen LogP) is 0.155. The third-order valence-electron chi connectivity index (χ3n) is 8.17. The van der Waals surface area contributed by atoms with E-state index in [1.165, 1.54) is 13.8 Å². The molecule has 0 radical (unpaired) electrons. The minimum Gasteiger partial charge on any atom is -0.463 e. The highest BCUT2D eigenvalue weighted by Crippen LogP contribution is 2.30. The average Bonchev–Trinajstić information content (AvgIpc) is 3.09. The predicted molar refractivity (Wildman–Crippen MR) is 166 cm³/mol. The molecule has 2 aliphatic heterocycles. The van der Waals surface area contributed by atoms with Gasteiger partial charge < -0.3 is 48.8 Å². The number of hydrogen-bond donors (Lipinski definition) is 4. The van der Waals surface area contributed by atoms with Crippen molar-refractivity contribution < 1.29 is 68.0 Å². The minimum atomic E-state index is -1.53. The summed E-state index contributed by atoms with van der Waals surface area (Å²) in [6.45, 7) is 4.06. The highest BCUT2D eigenvalue weighted by Gasteiger charge is 2.47. The van der Waals surface area contributed by atoms with E-state index in [2.05, 4.69) is 23.7 Å². The van der Waals surface area contributed by atoms with Crippen LogP contribution in [0.15, 0.2) is 0 Å². The van der Waals surface area contributed by atoms with Gasteiger partial charge in [0.25, 0.3) is 0 Å². The van der Waals surface area contributed by atoms with Gasteiger partial charge in [0.2, 0.25) is 0 Å².